The molecule has 0 atom stereocenters. The van der Waals surface area contributed by atoms with Crippen molar-refractivity contribution in [2.24, 2.45) is 0 Å². The van der Waals surface area contributed by atoms with Gasteiger partial charge in [0.25, 0.3) is 0 Å². The Hall–Kier alpha value is -0.101. The molecule has 4 heteroatoms. The Morgan fingerprint density at radius 1 is 0.762 bits per heavy atom. The standard InChI is InChI=1S/2C6H5.C5H13NS2.Sn/c2*1-2-4-6-5-3-1;1-6(2-4-7)3-5-8;/h2*1-5H;7-8H,2-5H2,1H3;/q;;;+2/p-2. The van der Waals surface area contributed by atoms with Crippen LogP contribution in [0.1, 0.15) is 0 Å². The molecular formula is C17H21NS2Sn. The number of hydrogen-bond acceptors (Lipinski definition) is 3. The van der Waals surface area contributed by atoms with Crippen LogP contribution in [0.5, 0.6) is 0 Å². The van der Waals surface area contributed by atoms with E-state index in [0.29, 0.717) is 0 Å². The van der Waals surface area contributed by atoms with E-state index in [1.807, 2.05) is 0 Å². The Bertz CT molecular complexity index is 510. The van der Waals surface area contributed by atoms with E-state index < -0.39 is 15.6 Å². The van der Waals surface area contributed by atoms with Crippen molar-refractivity contribution in [2.45, 2.75) is 0 Å². The van der Waals surface area contributed by atoms with Gasteiger partial charge in [-0.15, -0.1) is 0 Å². The van der Waals surface area contributed by atoms with Crippen LogP contribution in [0.25, 0.3) is 0 Å². The Balaban J connectivity index is 2.02. The number of benzene rings is 2. The van der Waals surface area contributed by atoms with E-state index in [1.54, 1.807) is 7.16 Å². The predicted octanol–water partition coefficient (Wildman–Crippen LogP) is 2.65. The summed E-state index contributed by atoms with van der Waals surface area (Å²) in [6, 6.07) is 22.6. The van der Waals surface area contributed by atoms with Gasteiger partial charge in [-0.1, -0.05) is 0 Å². The summed E-state index contributed by atoms with van der Waals surface area (Å²) in [5.41, 5.74) is 0. The second-order valence-corrected chi connectivity index (χ2v) is 28.5. The molecule has 1 saturated heterocycles. The fourth-order valence-electron chi connectivity index (χ4n) is 2.66. The van der Waals surface area contributed by atoms with Crippen LogP contribution in [0.15, 0.2) is 60.7 Å². The number of hydrogen-bond donors (Lipinski definition) is 0. The van der Waals surface area contributed by atoms with Crippen LogP contribution < -0.4 is 7.16 Å². The van der Waals surface area contributed by atoms with E-state index in [0.717, 1.165) is 0 Å². The molecule has 1 heterocycles. The van der Waals surface area contributed by atoms with Gasteiger partial charge in [-0.25, -0.2) is 0 Å². The zero-order valence-corrected chi connectivity index (χ0v) is 16.9. The molecule has 1 aliphatic rings. The Morgan fingerprint density at radius 2 is 1.19 bits per heavy atom. The molecule has 2 aromatic carbocycles. The second-order valence-electron chi connectivity index (χ2n) is 5.35. The summed E-state index contributed by atoms with van der Waals surface area (Å²) in [4.78, 5) is 2.46. The SMILES string of the molecule is CN1CC[S][Sn]([c]2ccccc2)([c]2ccccc2)[S]CC1. The molecule has 110 valence electrons. The van der Waals surface area contributed by atoms with Gasteiger partial charge in [0.2, 0.25) is 0 Å². The van der Waals surface area contributed by atoms with Crippen molar-refractivity contribution < 1.29 is 0 Å². The summed E-state index contributed by atoms with van der Waals surface area (Å²) in [5.74, 6) is 2.51. The average molecular weight is 422 g/mol. The van der Waals surface area contributed by atoms with E-state index in [9.17, 15) is 0 Å². The monoisotopic (exact) mass is 423 g/mol. The van der Waals surface area contributed by atoms with Crippen LogP contribution in [-0.2, 0) is 0 Å². The molecule has 1 nitrogen and oxygen atoms in total. The van der Waals surface area contributed by atoms with Crippen molar-refractivity contribution in [1.29, 1.82) is 0 Å². The minimum atomic E-state index is -2.65. The molecule has 2 aromatic rings. The molecular weight excluding hydrogens is 401 g/mol. The second kappa shape index (κ2) is 7.44. The molecule has 0 N–H and O–H groups in total. The normalized spacial score (nSPS) is 19.7. The minimum absolute atomic E-state index is 1.21. The summed E-state index contributed by atoms with van der Waals surface area (Å²) < 4.78 is 3.25. The van der Waals surface area contributed by atoms with Gasteiger partial charge in [0.1, 0.15) is 0 Å². The van der Waals surface area contributed by atoms with Gasteiger partial charge in [0.05, 0.1) is 0 Å². The van der Waals surface area contributed by atoms with E-state index >= 15 is 0 Å². The Kier molecular flexibility index (Phi) is 5.59. The van der Waals surface area contributed by atoms with Gasteiger partial charge < -0.3 is 0 Å². The van der Waals surface area contributed by atoms with Crippen molar-refractivity contribution in [3.05, 3.63) is 60.7 Å². The number of nitrogens with zero attached hydrogens (tertiary/aromatic N) is 1. The summed E-state index contributed by atoms with van der Waals surface area (Å²) in [7, 11) is 6.82. The van der Waals surface area contributed by atoms with Gasteiger partial charge >= 0.3 is 138 Å². The fourth-order valence-corrected chi connectivity index (χ4v) is 30.9. The summed E-state index contributed by atoms with van der Waals surface area (Å²) in [5, 5.41) is 0. The molecule has 21 heavy (non-hydrogen) atoms. The molecule has 0 saturated carbocycles. The zero-order valence-electron chi connectivity index (χ0n) is 12.4. The molecule has 0 amide bonds. The van der Waals surface area contributed by atoms with Crippen LogP contribution in [-0.4, -0.2) is 52.2 Å². The maximum atomic E-state index is 2.46. The molecule has 1 fully saturated rings. The quantitative estimate of drug-likeness (QED) is 0.686. The van der Waals surface area contributed by atoms with E-state index in [-0.39, 0.29) is 0 Å². The Labute approximate surface area is 137 Å². The molecule has 0 aromatic heterocycles. The van der Waals surface area contributed by atoms with Crippen LogP contribution in [0.2, 0.25) is 0 Å². The Morgan fingerprint density at radius 3 is 1.62 bits per heavy atom. The van der Waals surface area contributed by atoms with E-state index in [2.05, 4.69) is 90.5 Å². The van der Waals surface area contributed by atoms with Crippen LogP contribution in [0.4, 0.5) is 0 Å². The molecule has 0 aliphatic carbocycles. The molecule has 0 radical (unpaired) electrons. The van der Waals surface area contributed by atoms with Gasteiger partial charge in [0, 0.05) is 0 Å². The maximum absolute atomic E-state index is 2.65. The van der Waals surface area contributed by atoms with Gasteiger partial charge in [-0.3, -0.25) is 0 Å². The number of rotatable bonds is 2. The third kappa shape index (κ3) is 3.63. The van der Waals surface area contributed by atoms with Crippen molar-refractivity contribution >= 4 is 40.7 Å². The van der Waals surface area contributed by atoms with Crippen molar-refractivity contribution in [3.63, 3.8) is 0 Å². The summed E-state index contributed by atoms with van der Waals surface area (Å²) in [6.45, 7) is 2.42. The van der Waals surface area contributed by atoms with Gasteiger partial charge in [0.15, 0.2) is 0 Å². The van der Waals surface area contributed by atoms with Gasteiger partial charge in [-0.05, 0) is 0 Å². The van der Waals surface area contributed by atoms with E-state index in [4.69, 9.17) is 0 Å². The van der Waals surface area contributed by atoms with Crippen molar-refractivity contribution in [3.8, 4) is 0 Å². The van der Waals surface area contributed by atoms with Gasteiger partial charge in [-0.2, -0.15) is 0 Å². The molecule has 0 bridgehead atoms. The zero-order chi connectivity index (χ0) is 14.5. The third-order valence-corrected chi connectivity index (χ3v) is 33.2. The predicted molar refractivity (Wildman–Crippen MR) is 100 cm³/mol. The van der Waals surface area contributed by atoms with Crippen LogP contribution in [0, 0.1) is 0 Å². The van der Waals surface area contributed by atoms with Crippen LogP contribution in [0.3, 0.4) is 0 Å². The van der Waals surface area contributed by atoms with Crippen LogP contribution >= 0.6 is 17.9 Å². The molecule has 0 unspecified atom stereocenters. The first-order valence-electron chi connectivity index (χ1n) is 7.39. The van der Waals surface area contributed by atoms with Crippen molar-refractivity contribution in [1.82, 2.24) is 4.90 Å². The molecule has 3 rings (SSSR count). The third-order valence-electron chi connectivity index (χ3n) is 3.86. The average Bonchev–Trinajstić information content (AvgIpc) is 2.53. The molecule has 0 spiro atoms. The van der Waals surface area contributed by atoms with E-state index in [1.165, 1.54) is 24.6 Å². The first-order chi connectivity index (χ1) is 10.3. The first kappa shape index (κ1) is 15.8. The van der Waals surface area contributed by atoms with Crippen molar-refractivity contribution in [2.75, 3.05) is 31.6 Å². The summed E-state index contributed by atoms with van der Waals surface area (Å²) in [6.07, 6.45) is 0. The summed E-state index contributed by atoms with van der Waals surface area (Å²) >= 11 is -2.65. The molecule has 1 aliphatic heterocycles. The topological polar surface area (TPSA) is 3.24 Å². The first-order valence-corrected chi connectivity index (χ1v) is 19.2. The fraction of sp³-hybridized carbons (Fsp3) is 0.294.